The number of hydrogen-bond acceptors (Lipinski definition) is 7. The number of hydrogen-bond donors (Lipinski definition) is 1. The van der Waals surface area contributed by atoms with E-state index in [1.165, 1.54) is 12.8 Å². The largest absolute Gasteiger partial charge is 0.464 e. The molecule has 0 aliphatic heterocycles. The maximum Gasteiger partial charge on any atom is 0.323 e. The fourth-order valence-corrected chi connectivity index (χ4v) is 1.66. The van der Waals surface area contributed by atoms with Gasteiger partial charge in [-0.3, -0.25) is 0 Å². The van der Waals surface area contributed by atoms with Crippen LogP contribution in [-0.2, 0) is 4.74 Å². The zero-order valence-corrected chi connectivity index (χ0v) is 12.4. The quantitative estimate of drug-likeness (QED) is 0.681. The Bertz CT molecular complexity index is 425. The zero-order valence-electron chi connectivity index (χ0n) is 12.4. The van der Waals surface area contributed by atoms with Crippen molar-refractivity contribution in [3.8, 4) is 6.01 Å². The van der Waals surface area contributed by atoms with Gasteiger partial charge in [0.15, 0.2) is 0 Å². The van der Waals surface area contributed by atoms with Crippen LogP contribution < -0.4 is 15.0 Å². The van der Waals surface area contributed by atoms with Crippen molar-refractivity contribution in [1.82, 2.24) is 15.0 Å². The molecule has 0 spiro atoms. The van der Waals surface area contributed by atoms with Gasteiger partial charge >= 0.3 is 6.01 Å². The Morgan fingerprint density at radius 1 is 1.30 bits per heavy atom. The van der Waals surface area contributed by atoms with Crippen LogP contribution in [0, 0.1) is 5.92 Å². The molecule has 0 atom stereocenters. The number of aromatic nitrogens is 3. The van der Waals surface area contributed by atoms with Gasteiger partial charge in [-0.25, -0.2) is 0 Å². The predicted octanol–water partition coefficient (Wildman–Crippen LogP) is 1.17. The van der Waals surface area contributed by atoms with Crippen molar-refractivity contribution >= 4 is 11.9 Å². The fourth-order valence-electron chi connectivity index (χ4n) is 1.66. The Hall–Kier alpha value is -1.63. The van der Waals surface area contributed by atoms with E-state index in [2.05, 4.69) is 20.3 Å². The Balaban J connectivity index is 1.88. The summed E-state index contributed by atoms with van der Waals surface area (Å²) in [5.74, 6) is 1.88. The van der Waals surface area contributed by atoms with E-state index >= 15 is 0 Å². The Kier molecular flexibility index (Phi) is 5.34. The summed E-state index contributed by atoms with van der Waals surface area (Å²) in [6.07, 6.45) is 2.62. The van der Waals surface area contributed by atoms with Gasteiger partial charge in [-0.15, -0.1) is 0 Å². The molecule has 7 nitrogen and oxygen atoms in total. The molecule has 1 aromatic heterocycles. The van der Waals surface area contributed by atoms with Crippen molar-refractivity contribution in [2.24, 2.45) is 5.92 Å². The molecule has 112 valence electrons. The lowest BCUT2D eigenvalue weighted by Gasteiger charge is -2.18. The van der Waals surface area contributed by atoms with Gasteiger partial charge in [0.2, 0.25) is 11.9 Å². The van der Waals surface area contributed by atoms with Crippen molar-refractivity contribution in [1.29, 1.82) is 0 Å². The molecule has 1 aliphatic rings. The summed E-state index contributed by atoms with van der Waals surface area (Å²) in [4.78, 5) is 14.7. The van der Waals surface area contributed by atoms with E-state index in [4.69, 9.17) is 9.47 Å². The molecule has 0 bridgehead atoms. The van der Waals surface area contributed by atoms with E-state index < -0.39 is 0 Å². The summed E-state index contributed by atoms with van der Waals surface area (Å²) in [7, 11) is 3.71. The molecule has 7 heteroatoms. The van der Waals surface area contributed by atoms with Crippen LogP contribution in [0.5, 0.6) is 6.01 Å². The highest BCUT2D eigenvalue weighted by Crippen LogP contribution is 2.28. The van der Waals surface area contributed by atoms with Crippen LogP contribution in [0.1, 0.15) is 19.8 Å². The average Bonchev–Trinajstić information content (AvgIpc) is 3.27. The van der Waals surface area contributed by atoms with E-state index in [9.17, 15) is 0 Å². The Morgan fingerprint density at radius 3 is 2.75 bits per heavy atom. The van der Waals surface area contributed by atoms with Crippen LogP contribution in [0.2, 0.25) is 0 Å². The lowest BCUT2D eigenvalue weighted by Crippen LogP contribution is -2.25. The van der Waals surface area contributed by atoms with Crippen LogP contribution in [0.15, 0.2) is 0 Å². The number of anilines is 2. The van der Waals surface area contributed by atoms with Gasteiger partial charge in [0, 0.05) is 27.2 Å². The molecular weight excluding hydrogens is 258 g/mol. The standard InChI is InChI=1S/C13H23N5O2/c1-4-20-13-16-11(14-2)15-12(17-13)18(3)7-8-19-9-10-5-6-10/h10H,4-9H2,1-3H3,(H,14,15,16,17). The average molecular weight is 281 g/mol. The van der Waals surface area contributed by atoms with Gasteiger partial charge in [0.1, 0.15) is 0 Å². The third-order valence-corrected chi connectivity index (χ3v) is 3.06. The topological polar surface area (TPSA) is 72.4 Å². The van der Waals surface area contributed by atoms with Gasteiger partial charge in [-0.1, -0.05) is 0 Å². The van der Waals surface area contributed by atoms with Gasteiger partial charge in [-0.2, -0.15) is 15.0 Å². The molecule has 0 radical (unpaired) electrons. The second kappa shape index (κ2) is 7.23. The molecule has 0 amide bonds. The third-order valence-electron chi connectivity index (χ3n) is 3.06. The summed E-state index contributed by atoms with van der Waals surface area (Å²) in [5.41, 5.74) is 0. The first-order valence-electron chi connectivity index (χ1n) is 7.08. The molecule has 1 aliphatic carbocycles. The molecule has 1 N–H and O–H groups in total. The monoisotopic (exact) mass is 281 g/mol. The summed E-state index contributed by atoms with van der Waals surface area (Å²) < 4.78 is 11.0. The number of ether oxygens (including phenoxy) is 2. The highest BCUT2D eigenvalue weighted by molar-refractivity contribution is 5.37. The molecule has 0 unspecified atom stereocenters. The van der Waals surface area contributed by atoms with E-state index in [0.717, 1.165) is 19.1 Å². The minimum atomic E-state index is 0.340. The van der Waals surface area contributed by atoms with Crippen molar-refractivity contribution in [3.63, 3.8) is 0 Å². The number of rotatable bonds is 9. The van der Waals surface area contributed by atoms with Gasteiger partial charge in [-0.05, 0) is 25.7 Å². The van der Waals surface area contributed by atoms with Crippen molar-refractivity contribution < 1.29 is 9.47 Å². The lowest BCUT2D eigenvalue weighted by atomic mass is 10.5. The molecule has 1 aromatic rings. The molecular formula is C13H23N5O2. The van der Waals surface area contributed by atoms with Gasteiger partial charge < -0.3 is 19.7 Å². The first-order valence-corrected chi connectivity index (χ1v) is 7.08. The number of nitrogens with one attached hydrogen (secondary N) is 1. The summed E-state index contributed by atoms with van der Waals surface area (Å²) in [6.45, 7) is 4.72. The molecule has 1 saturated carbocycles. The SMILES string of the molecule is CCOc1nc(NC)nc(N(C)CCOCC2CC2)n1. The predicted molar refractivity (Wildman–Crippen MR) is 77.4 cm³/mol. The summed E-state index contributed by atoms with van der Waals surface area (Å²) >= 11 is 0. The van der Waals surface area contributed by atoms with Crippen LogP contribution in [0.3, 0.4) is 0 Å². The minimum absolute atomic E-state index is 0.340. The van der Waals surface area contributed by atoms with Crippen LogP contribution in [-0.4, -0.2) is 55.4 Å². The third kappa shape index (κ3) is 4.48. The second-order valence-electron chi connectivity index (χ2n) is 4.86. The van der Waals surface area contributed by atoms with E-state index in [0.29, 0.717) is 31.1 Å². The molecule has 20 heavy (non-hydrogen) atoms. The van der Waals surface area contributed by atoms with E-state index in [1.54, 1.807) is 7.05 Å². The maximum atomic E-state index is 5.62. The van der Waals surface area contributed by atoms with E-state index in [-0.39, 0.29) is 0 Å². The molecule has 0 aromatic carbocycles. The molecule has 1 heterocycles. The lowest BCUT2D eigenvalue weighted by molar-refractivity contribution is 0.130. The normalized spacial score (nSPS) is 14.2. The first-order chi connectivity index (χ1) is 9.72. The Morgan fingerprint density at radius 2 is 2.10 bits per heavy atom. The van der Waals surface area contributed by atoms with Crippen molar-refractivity contribution in [2.45, 2.75) is 19.8 Å². The minimum Gasteiger partial charge on any atom is -0.464 e. The van der Waals surface area contributed by atoms with Gasteiger partial charge in [0.05, 0.1) is 13.2 Å². The number of nitrogens with zero attached hydrogens (tertiary/aromatic N) is 4. The second-order valence-corrected chi connectivity index (χ2v) is 4.86. The molecule has 1 fully saturated rings. The zero-order chi connectivity index (χ0) is 14.4. The van der Waals surface area contributed by atoms with E-state index in [1.807, 2.05) is 18.9 Å². The smallest absolute Gasteiger partial charge is 0.323 e. The van der Waals surface area contributed by atoms with Crippen LogP contribution in [0.25, 0.3) is 0 Å². The van der Waals surface area contributed by atoms with Crippen LogP contribution in [0.4, 0.5) is 11.9 Å². The van der Waals surface area contributed by atoms with Crippen molar-refractivity contribution in [3.05, 3.63) is 0 Å². The van der Waals surface area contributed by atoms with Gasteiger partial charge in [0.25, 0.3) is 0 Å². The maximum absolute atomic E-state index is 5.62. The highest BCUT2D eigenvalue weighted by Gasteiger charge is 2.21. The summed E-state index contributed by atoms with van der Waals surface area (Å²) in [6, 6.07) is 0.340. The Labute approximate surface area is 119 Å². The fraction of sp³-hybridized carbons (Fsp3) is 0.769. The number of likely N-dealkylation sites (N-methyl/N-ethyl adjacent to an activating group) is 1. The first kappa shape index (κ1) is 14.8. The molecule has 2 rings (SSSR count). The van der Waals surface area contributed by atoms with Crippen LogP contribution >= 0.6 is 0 Å². The van der Waals surface area contributed by atoms with Crippen molar-refractivity contribution in [2.75, 3.05) is 50.7 Å². The molecule has 0 saturated heterocycles. The summed E-state index contributed by atoms with van der Waals surface area (Å²) in [5, 5.41) is 2.91. The highest BCUT2D eigenvalue weighted by atomic mass is 16.5.